The first-order valence-corrected chi connectivity index (χ1v) is 5.94. The normalized spacial score (nSPS) is 18.6. The number of hydrogen-bond donors (Lipinski definition) is 4. The van der Waals surface area contributed by atoms with E-state index in [4.69, 9.17) is 28.4 Å². The largest absolute Gasteiger partial charge is 0.497 e. The molecular formula is C12H14N4O2S. The van der Waals surface area contributed by atoms with Crippen LogP contribution in [0.5, 0.6) is 5.75 Å². The number of nitrogens with two attached hydrogens (primary N) is 2. The van der Waals surface area contributed by atoms with Gasteiger partial charge in [0.1, 0.15) is 11.6 Å². The third kappa shape index (κ3) is 2.60. The van der Waals surface area contributed by atoms with Crippen molar-refractivity contribution in [2.24, 2.45) is 11.5 Å². The van der Waals surface area contributed by atoms with E-state index >= 15 is 0 Å². The monoisotopic (exact) mass is 278 g/mol. The fourth-order valence-corrected chi connectivity index (χ4v) is 2.13. The number of nitrogens with one attached hydrogen (secondary N) is 2. The van der Waals surface area contributed by atoms with E-state index in [2.05, 4.69) is 10.6 Å². The van der Waals surface area contributed by atoms with Crippen LogP contribution in [0.25, 0.3) is 0 Å². The molecule has 0 fully saturated rings. The van der Waals surface area contributed by atoms with E-state index in [0.717, 1.165) is 11.3 Å². The molecule has 1 aliphatic rings. The van der Waals surface area contributed by atoms with Gasteiger partial charge in [0.05, 0.1) is 18.7 Å². The second-order valence-electron chi connectivity index (χ2n) is 4.00. The summed E-state index contributed by atoms with van der Waals surface area (Å²) in [4.78, 5) is 11.5. The first-order valence-electron chi connectivity index (χ1n) is 5.54. The number of methoxy groups -OCH3 is 1. The van der Waals surface area contributed by atoms with Gasteiger partial charge >= 0.3 is 0 Å². The molecule has 1 unspecified atom stereocenters. The SMILES string of the molecule is COc1ccc(C2NC(=S)NC(N)=C2C(N)=O)cc1. The molecule has 1 heterocycles. The van der Waals surface area contributed by atoms with E-state index in [-0.39, 0.29) is 11.4 Å². The van der Waals surface area contributed by atoms with Crippen molar-refractivity contribution in [3.05, 3.63) is 41.2 Å². The molecular weight excluding hydrogens is 264 g/mol. The van der Waals surface area contributed by atoms with Gasteiger partial charge in [-0.1, -0.05) is 12.1 Å². The van der Waals surface area contributed by atoms with E-state index in [1.54, 1.807) is 19.2 Å². The van der Waals surface area contributed by atoms with E-state index in [0.29, 0.717) is 5.11 Å². The van der Waals surface area contributed by atoms with Crippen LogP contribution in [0.2, 0.25) is 0 Å². The van der Waals surface area contributed by atoms with E-state index < -0.39 is 11.9 Å². The van der Waals surface area contributed by atoms with Crippen molar-refractivity contribution >= 4 is 23.2 Å². The Labute approximate surface area is 115 Å². The molecule has 0 aliphatic carbocycles. The van der Waals surface area contributed by atoms with E-state index in [9.17, 15) is 4.79 Å². The molecule has 0 radical (unpaired) electrons. The van der Waals surface area contributed by atoms with Gasteiger partial charge in [0.2, 0.25) is 0 Å². The predicted molar refractivity (Wildman–Crippen MR) is 75.0 cm³/mol. The molecule has 0 saturated heterocycles. The predicted octanol–water partition coefficient (Wildman–Crippen LogP) is -0.130. The maximum Gasteiger partial charge on any atom is 0.250 e. The number of hydrogen-bond acceptors (Lipinski definition) is 4. The van der Waals surface area contributed by atoms with Crippen LogP contribution in [-0.4, -0.2) is 18.1 Å². The van der Waals surface area contributed by atoms with Crippen LogP contribution in [-0.2, 0) is 4.79 Å². The average molecular weight is 278 g/mol. The minimum absolute atomic E-state index is 0.178. The number of primary amides is 1. The molecule has 1 atom stereocenters. The van der Waals surface area contributed by atoms with E-state index in [1.807, 2.05) is 12.1 Å². The Morgan fingerprint density at radius 3 is 2.53 bits per heavy atom. The number of rotatable bonds is 3. The first-order chi connectivity index (χ1) is 9.02. The van der Waals surface area contributed by atoms with Gasteiger partial charge in [0, 0.05) is 0 Å². The zero-order chi connectivity index (χ0) is 14.0. The summed E-state index contributed by atoms with van der Waals surface area (Å²) in [6.45, 7) is 0. The highest BCUT2D eigenvalue weighted by atomic mass is 32.1. The second kappa shape index (κ2) is 5.15. The highest BCUT2D eigenvalue weighted by Gasteiger charge is 2.29. The van der Waals surface area contributed by atoms with E-state index in [1.165, 1.54) is 0 Å². The molecule has 0 bridgehead atoms. The van der Waals surface area contributed by atoms with Gasteiger partial charge in [-0.3, -0.25) is 4.79 Å². The zero-order valence-corrected chi connectivity index (χ0v) is 11.1. The molecule has 0 saturated carbocycles. The fourth-order valence-electron chi connectivity index (χ4n) is 1.91. The van der Waals surface area contributed by atoms with Gasteiger partial charge in [-0.2, -0.15) is 0 Å². The molecule has 7 heteroatoms. The summed E-state index contributed by atoms with van der Waals surface area (Å²) in [5, 5.41) is 6.01. The molecule has 1 aliphatic heterocycles. The van der Waals surface area contributed by atoms with Crippen LogP contribution >= 0.6 is 12.2 Å². The quantitative estimate of drug-likeness (QED) is 0.574. The number of carbonyl (C=O) groups is 1. The van der Waals surface area contributed by atoms with Crippen LogP contribution in [0.3, 0.4) is 0 Å². The number of ether oxygens (including phenoxy) is 1. The molecule has 100 valence electrons. The van der Waals surface area contributed by atoms with Crippen molar-refractivity contribution < 1.29 is 9.53 Å². The van der Waals surface area contributed by atoms with Gasteiger partial charge < -0.3 is 26.8 Å². The Hall–Kier alpha value is -2.28. The minimum atomic E-state index is -0.596. The number of benzene rings is 1. The highest BCUT2D eigenvalue weighted by molar-refractivity contribution is 7.80. The lowest BCUT2D eigenvalue weighted by molar-refractivity contribution is -0.115. The smallest absolute Gasteiger partial charge is 0.250 e. The Morgan fingerprint density at radius 2 is 2.00 bits per heavy atom. The molecule has 1 aromatic carbocycles. The maximum absolute atomic E-state index is 11.5. The summed E-state index contributed by atoms with van der Waals surface area (Å²) in [6.07, 6.45) is 0. The van der Waals surface area contributed by atoms with Crippen molar-refractivity contribution in [1.29, 1.82) is 0 Å². The summed E-state index contributed by atoms with van der Waals surface area (Å²) in [5.74, 6) is 0.302. The van der Waals surface area contributed by atoms with Crippen molar-refractivity contribution in [3.8, 4) is 5.75 Å². The molecule has 1 aromatic rings. The average Bonchev–Trinajstić information content (AvgIpc) is 2.37. The topological polar surface area (TPSA) is 102 Å². The van der Waals surface area contributed by atoms with Crippen molar-refractivity contribution in [2.45, 2.75) is 6.04 Å². The summed E-state index contributed by atoms with van der Waals surface area (Å²) < 4.78 is 5.09. The van der Waals surface area contributed by atoms with Crippen LogP contribution in [0.4, 0.5) is 0 Å². The molecule has 19 heavy (non-hydrogen) atoms. The number of thiocarbonyl (C=S) groups is 1. The summed E-state index contributed by atoms with van der Waals surface area (Å²) in [5.41, 5.74) is 12.2. The van der Waals surface area contributed by atoms with Crippen molar-refractivity contribution in [1.82, 2.24) is 10.6 Å². The molecule has 6 nitrogen and oxygen atoms in total. The maximum atomic E-state index is 11.5. The zero-order valence-electron chi connectivity index (χ0n) is 10.3. The summed E-state index contributed by atoms with van der Waals surface area (Å²) >= 11 is 5.03. The number of amides is 1. The first kappa shape index (κ1) is 13.2. The third-order valence-electron chi connectivity index (χ3n) is 2.82. The van der Waals surface area contributed by atoms with Crippen LogP contribution in [0.15, 0.2) is 35.7 Å². The second-order valence-corrected chi connectivity index (χ2v) is 4.40. The molecule has 0 aromatic heterocycles. The molecule has 1 amide bonds. The van der Waals surface area contributed by atoms with Crippen LogP contribution in [0, 0.1) is 0 Å². The van der Waals surface area contributed by atoms with Crippen LogP contribution in [0.1, 0.15) is 11.6 Å². The standard InChI is InChI=1S/C12H14N4O2S/c1-18-7-4-2-6(3-5-7)9-8(11(14)17)10(13)16-12(19)15-9/h2-5,9H,13H2,1H3,(H2,14,17)(H2,15,16,19). The lowest BCUT2D eigenvalue weighted by Crippen LogP contribution is -2.48. The van der Waals surface area contributed by atoms with Crippen LogP contribution < -0.4 is 26.8 Å². The Morgan fingerprint density at radius 1 is 1.37 bits per heavy atom. The van der Waals surface area contributed by atoms with Gasteiger partial charge in [-0.25, -0.2) is 0 Å². The summed E-state index contributed by atoms with van der Waals surface area (Å²) in [7, 11) is 1.58. The van der Waals surface area contributed by atoms with Gasteiger partial charge in [-0.15, -0.1) is 0 Å². The lowest BCUT2D eigenvalue weighted by Gasteiger charge is -2.28. The Balaban J connectivity index is 2.42. The van der Waals surface area contributed by atoms with Gasteiger partial charge in [0.25, 0.3) is 5.91 Å². The Kier molecular flexibility index (Phi) is 3.57. The minimum Gasteiger partial charge on any atom is -0.497 e. The molecule has 2 rings (SSSR count). The van der Waals surface area contributed by atoms with Crippen molar-refractivity contribution in [3.63, 3.8) is 0 Å². The highest BCUT2D eigenvalue weighted by Crippen LogP contribution is 2.26. The van der Waals surface area contributed by atoms with Crippen molar-refractivity contribution in [2.75, 3.05) is 7.11 Å². The fraction of sp³-hybridized carbons (Fsp3) is 0.167. The summed E-state index contributed by atoms with van der Waals surface area (Å²) in [6, 6.07) is 6.76. The lowest BCUT2D eigenvalue weighted by atomic mass is 9.97. The van der Waals surface area contributed by atoms with Gasteiger partial charge in [-0.05, 0) is 29.9 Å². The number of carbonyl (C=O) groups excluding carboxylic acids is 1. The Bertz CT molecular complexity index is 553. The van der Waals surface area contributed by atoms with Gasteiger partial charge in [0.15, 0.2) is 5.11 Å². The molecule has 0 spiro atoms. The molecule has 6 N–H and O–H groups in total. The third-order valence-corrected chi connectivity index (χ3v) is 3.04.